The van der Waals surface area contributed by atoms with Crippen molar-refractivity contribution in [3.63, 3.8) is 0 Å². The van der Waals surface area contributed by atoms with Gasteiger partial charge in [-0.15, -0.1) is 5.10 Å². The monoisotopic (exact) mass is 254 g/mol. The van der Waals surface area contributed by atoms with Crippen LogP contribution >= 0.6 is 0 Å². The lowest BCUT2D eigenvalue weighted by molar-refractivity contribution is -0.138. The van der Waals surface area contributed by atoms with Gasteiger partial charge in [0.25, 0.3) is 0 Å². The Kier molecular flexibility index (Phi) is 5.74. The summed E-state index contributed by atoms with van der Waals surface area (Å²) in [5, 5.41) is 20.5. The van der Waals surface area contributed by atoms with Gasteiger partial charge >= 0.3 is 5.97 Å². The van der Waals surface area contributed by atoms with Crippen LogP contribution < -0.4 is 0 Å². The minimum atomic E-state index is -0.765. The highest BCUT2D eigenvalue weighted by atomic mass is 16.4. The van der Waals surface area contributed by atoms with E-state index >= 15 is 0 Å². The molecule has 0 fully saturated rings. The van der Waals surface area contributed by atoms with Gasteiger partial charge < -0.3 is 5.11 Å². The number of rotatable bonds is 8. The number of carboxylic acids is 1. The summed E-state index contributed by atoms with van der Waals surface area (Å²) in [5.41, 5.74) is 0. The molecule has 0 aliphatic heterocycles. The van der Waals surface area contributed by atoms with Gasteiger partial charge in [-0.2, -0.15) is 0 Å². The summed E-state index contributed by atoms with van der Waals surface area (Å²) in [6.45, 7) is 6.90. The molecular formula is C12H22N4O2. The van der Waals surface area contributed by atoms with Gasteiger partial charge in [-0.1, -0.05) is 27.2 Å². The molecule has 0 aromatic carbocycles. The van der Waals surface area contributed by atoms with E-state index in [1.54, 1.807) is 4.68 Å². The largest absolute Gasteiger partial charge is 0.481 e. The maximum absolute atomic E-state index is 10.7. The molecule has 0 aliphatic carbocycles. The number of aryl methyl sites for hydroxylation is 1. The SMILES string of the molecule is CCC(CC(=O)O)Cn1nnnc1CCC(C)C. The Morgan fingerprint density at radius 3 is 2.72 bits per heavy atom. The first-order chi connectivity index (χ1) is 8.52. The molecule has 6 heteroatoms. The highest BCUT2D eigenvalue weighted by Crippen LogP contribution is 2.13. The van der Waals surface area contributed by atoms with Crippen molar-refractivity contribution < 1.29 is 9.90 Å². The molecule has 18 heavy (non-hydrogen) atoms. The van der Waals surface area contributed by atoms with Crippen LogP contribution in [0.2, 0.25) is 0 Å². The quantitative estimate of drug-likeness (QED) is 0.764. The van der Waals surface area contributed by atoms with Gasteiger partial charge in [0.15, 0.2) is 5.82 Å². The Balaban J connectivity index is 2.60. The summed E-state index contributed by atoms with van der Waals surface area (Å²) in [7, 11) is 0. The fourth-order valence-corrected chi connectivity index (χ4v) is 1.79. The third kappa shape index (κ3) is 4.81. The van der Waals surface area contributed by atoms with E-state index in [4.69, 9.17) is 5.11 Å². The first-order valence-electron chi connectivity index (χ1n) is 6.49. The zero-order chi connectivity index (χ0) is 13.5. The lowest BCUT2D eigenvalue weighted by atomic mass is 10.0. The van der Waals surface area contributed by atoms with Crippen molar-refractivity contribution in [1.82, 2.24) is 20.2 Å². The van der Waals surface area contributed by atoms with Crippen molar-refractivity contribution in [2.75, 3.05) is 0 Å². The van der Waals surface area contributed by atoms with Crippen LogP contribution in [0.25, 0.3) is 0 Å². The highest BCUT2D eigenvalue weighted by molar-refractivity contribution is 5.66. The summed E-state index contributed by atoms with van der Waals surface area (Å²) < 4.78 is 1.75. The van der Waals surface area contributed by atoms with Crippen LogP contribution in [0.15, 0.2) is 0 Å². The molecule has 0 bridgehead atoms. The Morgan fingerprint density at radius 2 is 2.17 bits per heavy atom. The number of carbonyl (C=O) groups is 1. The molecule has 1 aromatic heterocycles. The molecule has 0 spiro atoms. The Labute approximate surface area is 107 Å². The van der Waals surface area contributed by atoms with Crippen LogP contribution in [0.3, 0.4) is 0 Å². The van der Waals surface area contributed by atoms with Crippen LogP contribution in [0.4, 0.5) is 0 Å². The fraction of sp³-hybridized carbons (Fsp3) is 0.833. The lowest BCUT2D eigenvalue weighted by Crippen LogP contribution is -2.17. The van der Waals surface area contributed by atoms with E-state index in [1.165, 1.54) is 0 Å². The van der Waals surface area contributed by atoms with Crippen LogP contribution in [0.1, 0.15) is 45.9 Å². The molecule has 1 heterocycles. The second-order valence-electron chi connectivity index (χ2n) is 5.08. The van der Waals surface area contributed by atoms with E-state index in [9.17, 15) is 4.79 Å². The molecule has 1 rings (SSSR count). The lowest BCUT2D eigenvalue weighted by Gasteiger charge is -2.13. The van der Waals surface area contributed by atoms with Crippen molar-refractivity contribution >= 4 is 5.97 Å². The van der Waals surface area contributed by atoms with E-state index in [0.717, 1.165) is 25.1 Å². The molecule has 1 aromatic rings. The molecule has 0 saturated heterocycles. The van der Waals surface area contributed by atoms with E-state index in [-0.39, 0.29) is 12.3 Å². The van der Waals surface area contributed by atoms with Gasteiger partial charge in [0.2, 0.25) is 0 Å². The first-order valence-corrected chi connectivity index (χ1v) is 6.49. The minimum Gasteiger partial charge on any atom is -0.481 e. The maximum Gasteiger partial charge on any atom is 0.303 e. The van der Waals surface area contributed by atoms with E-state index in [2.05, 4.69) is 29.4 Å². The third-order valence-electron chi connectivity index (χ3n) is 3.02. The number of aliphatic carboxylic acids is 1. The van der Waals surface area contributed by atoms with Crippen molar-refractivity contribution in [2.24, 2.45) is 11.8 Å². The molecule has 6 nitrogen and oxygen atoms in total. The Bertz CT molecular complexity index is 376. The van der Waals surface area contributed by atoms with Crippen molar-refractivity contribution in [2.45, 2.75) is 53.0 Å². The smallest absolute Gasteiger partial charge is 0.303 e. The minimum absolute atomic E-state index is 0.0869. The molecule has 0 radical (unpaired) electrons. The number of aromatic nitrogens is 4. The second kappa shape index (κ2) is 7.08. The zero-order valence-corrected chi connectivity index (χ0v) is 11.3. The summed E-state index contributed by atoms with van der Waals surface area (Å²) in [5.74, 6) is 0.783. The van der Waals surface area contributed by atoms with Gasteiger partial charge in [-0.05, 0) is 28.7 Å². The number of tetrazole rings is 1. The average molecular weight is 254 g/mol. The van der Waals surface area contributed by atoms with Gasteiger partial charge in [-0.25, -0.2) is 4.68 Å². The van der Waals surface area contributed by atoms with Crippen LogP contribution in [-0.2, 0) is 17.8 Å². The number of nitrogens with zero attached hydrogens (tertiary/aromatic N) is 4. The van der Waals surface area contributed by atoms with Crippen LogP contribution in [-0.4, -0.2) is 31.3 Å². The predicted octanol–water partition coefficient (Wildman–Crippen LogP) is 1.76. The summed E-state index contributed by atoms with van der Waals surface area (Å²) >= 11 is 0. The highest BCUT2D eigenvalue weighted by Gasteiger charge is 2.15. The molecule has 1 unspecified atom stereocenters. The zero-order valence-electron chi connectivity index (χ0n) is 11.3. The molecule has 1 N–H and O–H groups in total. The second-order valence-corrected chi connectivity index (χ2v) is 5.08. The van der Waals surface area contributed by atoms with E-state index < -0.39 is 5.97 Å². The normalized spacial score (nSPS) is 12.9. The third-order valence-corrected chi connectivity index (χ3v) is 3.02. The summed E-state index contributed by atoms with van der Waals surface area (Å²) in [6.07, 6.45) is 2.86. The van der Waals surface area contributed by atoms with Gasteiger partial charge in [0.1, 0.15) is 0 Å². The van der Waals surface area contributed by atoms with Gasteiger partial charge in [0.05, 0.1) is 0 Å². The molecule has 1 atom stereocenters. The van der Waals surface area contributed by atoms with Crippen molar-refractivity contribution in [3.05, 3.63) is 5.82 Å². The summed E-state index contributed by atoms with van der Waals surface area (Å²) in [4.78, 5) is 10.7. The standard InChI is InChI=1S/C12H22N4O2/c1-4-10(7-12(17)18)8-16-11(13-14-15-16)6-5-9(2)3/h9-10H,4-8H2,1-3H3,(H,17,18). The van der Waals surface area contributed by atoms with Gasteiger partial charge in [0, 0.05) is 19.4 Å². The fourth-order valence-electron chi connectivity index (χ4n) is 1.79. The molecule has 0 amide bonds. The first kappa shape index (κ1) is 14.6. The van der Waals surface area contributed by atoms with Crippen LogP contribution in [0.5, 0.6) is 0 Å². The maximum atomic E-state index is 10.7. The number of hydrogen-bond acceptors (Lipinski definition) is 4. The molecule has 0 saturated carbocycles. The predicted molar refractivity (Wildman–Crippen MR) is 67.0 cm³/mol. The average Bonchev–Trinajstić information content (AvgIpc) is 2.72. The van der Waals surface area contributed by atoms with E-state index in [0.29, 0.717) is 12.5 Å². The summed E-state index contributed by atoms with van der Waals surface area (Å²) in [6, 6.07) is 0. The van der Waals surface area contributed by atoms with Crippen LogP contribution in [0, 0.1) is 11.8 Å². The number of carboxylic acid groups (broad SMARTS) is 1. The molecular weight excluding hydrogens is 232 g/mol. The molecule has 0 aliphatic rings. The Morgan fingerprint density at radius 1 is 1.44 bits per heavy atom. The van der Waals surface area contributed by atoms with Crippen molar-refractivity contribution in [1.29, 1.82) is 0 Å². The number of hydrogen-bond donors (Lipinski definition) is 1. The van der Waals surface area contributed by atoms with Crippen molar-refractivity contribution in [3.8, 4) is 0 Å². The Hall–Kier alpha value is -1.46. The topological polar surface area (TPSA) is 80.9 Å². The van der Waals surface area contributed by atoms with Gasteiger partial charge in [-0.3, -0.25) is 4.79 Å². The molecule has 102 valence electrons. The van der Waals surface area contributed by atoms with E-state index in [1.807, 2.05) is 6.92 Å².